The number of nitrogens with zero attached hydrogens (tertiary/aromatic N) is 2. The first-order valence-electron chi connectivity index (χ1n) is 30.6. The summed E-state index contributed by atoms with van der Waals surface area (Å²) in [7, 11) is 3.41. The van der Waals surface area contributed by atoms with Crippen molar-refractivity contribution in [2.45, 2.75) is 0 Å². The van der Waals surface area contributed by atoms with Crippen molar-refractivity contribution in [2.75, 3.05) is 24.0 Å². The van der Waals surface area contributed by atoms with Crippen LogP contribution in [-0.2, 0) is 0 Å². The summed E-state index contributed by atoms with van der Waals surface area (Å²) in [4.78, 5) is 4.72. The highest BCUT2D eigenvalue weighted by molar-refractivity contribution is 6.16. The van der Waals surface area contributed by atoms with E-state index in [1.54, 1.807) is 14.2 Å². The van der Waals surface area contributed by atoms with Crippen molar-refractivity contribution in [3.63, 3.8) is 0 Å². The first-order valence-corrected chi connectivity index (χ1v) is 30.6. The topological polar surface area (TPSA) is 24.9 Å². The number of fused-ring (bicyclic) bond motifs is 6. The molecule has 0 heterocycles. The maximum Gasteiger partial charge on any atom is 0.119 e. The van der Waals surface area contributed by atoms with Crippen LogP contribution in [0.2, 0.25) is 0 Å². The van der Waals surface area contributed by atoms with Gasteiger partial charge in [-0.3, -0.25) is 0 Å². The maximum absolute atomic E-state index is 5.38. The standard InChI is InChI=1S/C54H38N2.C32H24O2/c1-5-19-39(20-6-1)55(40-21-7-2-8-22-40)53-37-35-49(45-29-15-17-31-51(45)53)47-33-34-48(44-28-14-13-27-43(44)47)50-36-38-54(52-32-18-16-30-46(50)52)56(41-23-9-3-10-24-41)42-25-11-4-12-26-42;1-33-27-13-11-21-17-25(9-7-23(21)19-27)29-15-16-30(32-6-4-3-5-31(29)32)26-10-8-24-20-28(34-2)14-12-22(24)18-26/h1-38H;3-20H,1-2H3. The summed E-state index contributed by atoms with van der Waals surface area (Å²) in [5.74, 6) is 1.76. The van der Waals surface area contributed by atoms with Gasteiger partial charge in [0.25, 0.3) is 0 Å². The Labute approximate surface area is 525 Å². The van der Waals surface area contributed by atoms with Crippen molar-refractivity contribution < 1.29 is 9.47 Å². The second kappa shape index (κ2) is 24.2. The minimum absolute atomic E-state index is 0.879. The molecule has 0 unspecified atom stereocenters. The summed E-state index contributed by atoms with van der Waals surface area (Å²) >= 11 is 0. The van der Waals surface area contributed by atoms with Crippen LogP contribution in [0.5, 0.6) is 11.5 Å². The van der Waals surface area contributed by atoms with Crippen molar-refractivity contribution in [3.8, 4) is 56.0 Å². The van der Waals surface area contributed by atoms with E-state index in [0.717, 1.165) is 45.6 Å². The summed E-state index contributed by atoms with van der Waals surface area (Å²) in [6.45, 7) is 0. The first kappa shape index (κ1) is 54.9. The van der Waals surface area contributed by atoms with E-state index in [4.69, 9.17) is 9.47 Å². The van der Waals surface area contributed by atoms with Gasteiger partial charge in [0, 0.05) is 33.5 Å². The van der Waals surface area contributed by atoms with Gasteiger partial charge in [-0.05, 0) is 195 Å². The Balaban J connectivity index is 0.000000170. The summed E-state index contributed by atoms with van der Waals surface area (Å²) in [6.07, 6.45) is 0. The molecule has 0 atom stereocenters. The molecule has 0 aliphatic carbocycles. The first-order chi connectivity index (χ1) is 44.6. The van der Waals surface area contributed by atoms with Gasteiger partial charge in [-0.25, -0.2) is 0 Å². The summed E-state index contributed by atoms with van der Waals surface area (Å²) in [5, 5.41) is 14.6. The number of ether oxygens (including phenoxy) is 2. The van der Waals surface area contributed by atoms with Crippen molar-refractivity contribution in [2.24, 2.45) is 0 Å². The largest absolute Gasteiger partial charge is 0.497 e. The molecule has 90 heavy (non-hydrogen) atoms. The SMILES string of the molecule is COc1ccc2cc(-c3ccc(-c4ccc5cc(OC)ccc5c4)c4ccccc34)ccc2c1.c1ccc(N(c2ccccc2)c2ccc(-c3ccc(-c4ccc(N(c5ccccc5)c5ccccc5)c5ccccc45)c4ccccc34)c3ccccc23)cc1. The molecule has 0 aromatic heterocycles. The molecule has 0 saturated heterocycles. The number of para-hydroxylation sites is 4. The Morgan fingerprint density at radius 1 is 0.200 bits per heavy atom. The summed E-state index contributed by atoms with van der Waals surface area (Å²) in [5.41, 5.74) is 16.6. The van der Waals surface area contributed by atoms with Crippen LogP contribution in [0.1, 0.15) is 0 Å². The molecule has 4 nitrogen and oxygen atoms in total. The molecular formula is C86H62N2O2. The molecule has 428 valence electrons. The van der Waals surface area contributed by atoms with E-state index in [-0.39, 0.29) is 0 Å². The molecule has 16 aromatic carbocycles. The average molecular weight is 1160 g/mol. The molecule has 4 heteroatoms. The third-order valence-corrected chi connectivity index (χ3v) is 17.5. The monoisotopic (exact) mass is 1150 g/mol. The van der Waals surface area contributed by atoms with Gasteiger partial charge in [0.15, 0.2) is 0 Å². The number of rotatable bonds is 12. The fourth-order valence-electron chi connectivity index (χ4n) is 13.2. The highest BCUT2D eigenvalue weighted by Gasteiger charge is 2.22. The maximum atomic E-state index is 5.38. The molecule has 0 radical (unpaired) electrons. The zero-order valence-corrected chi connectivity index (χ0v) is 50.0. The lowest BCUT2D eigenvalue weighted by molar-refractivity contribution is 0.415. The lowest BCUT2D eigenvalue weighted by Crippen LogP contribution is -2.10. The fraction of sp³-hybridized carbons (Fsp3) is 0.0233. The fourth-order valence-corrected chi connectivity index (χ4v) is 13.2. The highest BCUT2D eigenvalue weighted by atomic mass is 16.5. The number of hydrogen-bond acceptors (Lipinski definition) is 4. The van der Waals surface area contributed by atoms with E-state index in [9.17, 15) is 0 Å². The Morgan fingerprint density at radius 3 is 0.767 bits per heavy atom. The van der Waals surface area contributed by atoms with Gasteiger partial charge < -0.3 is 19.3 Å². The summed E-state index contributed by atoms with van der Waals surface area (Å²) < 4.78 is 10.8. The molecule has 0 fully saturated rings. The minimum atomic E-state index is 0.879. The third kappa shape index (κ3) is 10.4. The average Bonchev–Trinajstić information content (AvgIpc) is 0.978. The molecule has 0 amide bonds. The van der Waals surface area contributed by atoms with Crippen molar-refractivity contribution in [1.29, 1.82) is 0 Å². The van der Waals surface area contributed by atoms with E-state index >= 15 is 0 Å². The number of methoxy groups -OCH3 is 2. The van der Waals surface area contributed by atoms with Gasteiger partial charge in [0.05, 0.1) is 25.6 Å². The van der Waals surface area contributed by atoms with Crippen LogP contribution in [0.15, 0.2) is 340 Å². The second-order valence-electron chi connectivity index (χ2n) is 22.6. The van der Waals surface area contributed by atoms with E-state index in [2.05, 4.69) is 337 Å². The van der Waals surface area contributed by atoms with E-state index in [0.29, 0.717) is 0 Å². The molecule has 0 aliphatic rings. The van der Waals surface area contributed by atoms with Gasteiger partial charge in [-0.15, -0.1) is 0 Å². The molecule has 16 aromatic rings. The summed E-state index contributed by atoms with van der Waals surface area (Å²) in [6, 6.07) is 122. The number of anilines is 6. The molecular weight excluding hydrogens is 1090 g/mol. The lowest BCUT2D eigenvalue weighted by atomic mass is 9.88. The Bertz CT molecular complexity index is 4870. The van der Waals surface area contributed by atoms with Crippen LogP contribution >= 0.6 is 0 Å². The Morgan fingerprint density at radius 2 is 0.444 bits per heavy atom. The predicted molar refractivity (Wildman–Crippen MR) is 382 cm³/mol. The van der Waals surface area contributed by atoms with Crippen LogP contribution in [0.3, 0.4) is 0 Å². The third-order valence-electron chi connectivity index (χ3n) is 17.5. The van der Waals surface area contributed by atoms with Crippen LogP contribution in [0.25, 0.3) is 109 Å². The minimum Gasteiger partial charge on any atom is -0.497 e. The van der Waals surface area contributed by atoms with Gasteiger partial charge in [0.2, 0.25) is 0 Å². The van der Waals surface area contributed by atoms with Crippen molar-refractivity contribution in [1.82, 2.24) is 0 Å². The van der Waals surface area contributed by atoms with Gasteiger partial charge in [0.1, 0.15) is 11.5 Å². The van der Waals surface area contributed by atoms with Gasteiger partial charge in [-0.2, -0.15) is 0 Å². The second-order valence-corrected chi connectivity index (χ2v) is 22.6. The van der Waals surface area contributed by atoms with E-state index < -0.39 is 0 Å². The number of hydrogen-bond donors (Lipinski definition) is 0. The molecule has 0 aliphatic heterocycles. The Kier molecular flexibility index (Phi) is 14.8. The van der Waals surface area contributed by atoms with E-state index in [1.807, 2.05) is 12.1 Å². The van der Waals surface area contributed by atoms with Crippen LogP contribution in [-0.4, -0.2) is 14.2 Å². The predicted octanol–water partition coefficient (Wildman–Crippen LogP) is 23.9. The smallest absolute Gasteiger partial charge is 0.119 e. The zero-order valence-electron chi connectivity index (χ0n) is 50.0. The quantitative estimate of drug-likeness (QED) is 0.122. The number of benzene rings is 16. The van der Waals surface area contributed by atoms with Crippen LogP contribution in [0.4, 0.5) is 34.1 Å². The van der Waals surface area contributed by atoms with Crippen LogP contribution in [0, 0.1) is 0 Å². The normalized spacial score (nSPS) is 11.2. The lowest BCUT2D eigenvalue weighted by Gasteiger charge is -2.28. The van der Waals surface area contributed by atoms with Crippen LogP contribution < -0.4 is 19.3 Å². The molecule has 0 bridgehead atoms. The Hall–Kier alpha value is -11.7. The highest BCUT2D eigenvalue weighted by Crippen LogP contribution is 2.47. The molecule has 0 saturated carbocycles. The molecule has 0 N–H and O–H groups in total. The zero-order chi connectivity index (χ0) is 60.3. The molecule has 0 spiro atoms. The van der Waals surface area contributed by atoms with E-state index in [1.165, 1.54) is 109 Å². The van der Waals surface area contributed by atoms with Gasteiger partial charge >= 0.3 is 0 Å². The van der Waals surface area contributed by atoms with Gasteiger partial charge in [-0.1, -0.05) is 243 Å². The van der Waals surface area contributed by atoms with Crippen molar-refractivity contribution >= 4 is 98.8 Å². The molecule has 16 rings (SSSR count). The van der Waals surface area contributed by atoms with Crippen molar-refractivity contribution in [3.05, 3.63) is 340 Å².